The van der Waals surface area contributed by atoms with Gasteiger partial charge in [-0.3, -0.25) is 14.5 Å². The molecule has 27 heavy (non-hydrogen) atoms. The number of furan rings is 1. The van der Waals surface area contributed by atoms with E-state index >= 15 is 0 Å². The zero-order valence-corrected chi connectivity index (χ0v) is 15.3. The molecule has 2 unspecified atom stereocenters. The zero-order valence-electron chi connectivity index (χ0n) is 15.3. The molecule has 1 aliphatic rings. The third-order valence-electron chi connectivity index (χ3n) is 4.21. The number of benzene rings is 1. The standard InChI is InChI=1S/C18H20N2O7/c1-9(21)26-17-15(11-5-6-14(19)27-11)20(18(17)22)10-7-12(23-2)16(25-4)13(8-10)24-3/h5-8,15,17H,19H2,1-4H3. The van der Waals surface area contributed by atoms with Gasteiger partial charge in [0.25, 0.3) is 5.91 Å². The zero-order chi connectivity index (χ0) is 19.7. The van der Waals surface area contributed by atoms with Crippen LogP contribution in [0.15, 0.2) is 28.7 Å². The van der Waals surface area contributed by atoms with E-state index in [0.29, 0.717) is 28.7 Å². The van der Waals surface area contributed by atoms with Crippen LogP contribution in [0.2, 0.25) is 0 Å². The van der Waals surface area contributed by atoms with Crippen molar-refractivity contribution >= 4 is 23.4 Å². The second-order valence-corrected chi connectivity index (χ2v) is 5.81. The van der Waals surface area contributed by atoms with Gasteiger partial charge in [0.05, 0.1) is 27.0 Å². The molecule has 1 amide bonds. The first kappa shape index (κ1) is 18.4. The second kappa shape index (κ2) is 7.10. The molecule has 1 fully saturated rings. The maximum atomic E-state index is 12.7. The predicted octanol–water partition coefficient (Wildman–Crippen LogP) is 1.91. The smallest absolute Gasteiger partial charge is 0.303 e. The Morgan fingerprint density at radius 1 is 1.11 bits per heavy atom. The van der Waals surface area contributed by atoms with Crippen molar-refractivity contribution in [3.8, 4) is 17.2 Å². The first-order valence-corrected chi connectivity index (χ1v) is 8.06. The average molecular weight is 376 g/mol. The van der Waals surface area contributed by atoms with Crippen LogP contribution in [0.1, 0.15) is 18.7 Å². The molecule has 2 heterocycles. The van der Waals surface area contributed by atoms with E-state index in [1.165, 1.54) is 33.2 Å². The van der Waals surface area contributed by atoms with Crippen molar-refractivity contribution in [3.63, 3.8) is 0 Å². The number of hydrogen-bond acceptors (Lipinski definition) is 8. The van der Waals surface area contributed by atoms with Crippen LogP contribution in [0.3, 0.4) is 0 Å². The van der Waals surface area contributed by atoms with E-state index in [2.05, 4.69) is 0 Å². The minimum absolute atomic E-state index is 0.191. The molecule has 1 aromatic carbocycles. The molecule has 0 aliphatic carbocycles. The van der Waals surface area contributed by atoms with Gasteiger partial charge in [-0.15, -0.1) is 0 Å². The Bertz CT molecular complexity index is 851. The minimum Gasteiger partial charge on any atom is -0.493 e. The lowest BCUT2D eigenvalue weighted by atomic mass is 9.94. The maximum Gasteiger partial charge on any atom is 0.303 e. The molecule has 0 radical (unpaired) electrons. The molecule has 0 spiro atoms. The Labute approximate surface area is 155 Å². The van der Waals surface area contributed by atoms with E-state index in [-0.39, 0.29) is 5.88 Å². The lowest BCUT2D eigenvalue weighted by Gasteiger charge is -2.44. The van der Waals surface area contributed by atoms with Crippen molar-refractivity contribution < 1.29 is 33.0 Å². The fourth-order valence-corrected chi connectivity index (χ4v) is 3.05. The number of nitrogens with zero attached hydrogens (tertiary/aromatic N) is 1. The molecule has 2 N–H and O–H groups in total. The molecule has 144 valence electrons. The molecule has 9 heteroatoms. The van der Waals surface area contributed by atoms with E-state index in [9.17, 15) is 9.59 Å². The Morgan fingerprint density at radius 2 is 1.74 bits per heavy atom. The summed E-state index contributed by atoms with van der Waals surface area (Å²) in [5.74, 6) is 0.776. The summed E-state index contributed by atoms with van der Waals surface area (Å²) in [5, 5.41) is 0. The van der Waals surface area contributed by atoms with Gasteiger partial charge in [-0.2, -0.15) is 0 Å². The van der Waals surface area contributed by atoms with Gasteiger partial charge in [-0.05, 0) is 6.07 Å². The molecule has 1 aromatic heterocycles. The van der Waals surface area contributed by atoms with Gasteiger partial charge in [0.15, 0.2) is 17.4 Å². The highest BCUT2D eigenvalue weighted by Gasteiger charge is 2.53. The monoisotopic (exact) mass is 376 g/mol. The van der Waals surface area contributed by atoms with E-state index in [1.54, 1.807) is 24.3 Å². The molecule has 0 saturated carbocycles. The third-order valence-corrected chi connectivity index (χ3v) is 4.21. The summed E-state index contributed by atoms with van der Waals surface area (Å²) in [6.07, 6.45) is -1.01. The number of rotatable bonds is 6. The highest BCUT2D eigenvalue weighted by molar-refractivity contribution is 6.06. The molecule has 3 rings (SSSR count). The summed E-state index contributed by atoms with van der Waals surface area (Å²) in [6, 6.07) is 5.79. The number of ether oxygens (including phenoxy) is 4. The number of nitrogens with two attached hydrogens (primary N) is 1. The lowest BCUT2D eigenvalue weighted by molar-refractivity contribution is -0.161. The molecule has 9 nitrogen and oxygen atoms in total. The van der Waals surface area contributed by atoms with Crippen molar-refractivity contribution in [1.29, 1.82) is 0 Å². The number of nitrogen functional groups attached to an aromatic ring is 1. The normalized spacial score (nSPS) is 18.7. The molecule has 2 aromatic rings. The fraction of sp³-hybridized carbons (Fsp3) is 0.333. The van der Waals surface area contributed by atoms with E-state index in [1.807, 2.05) is 0 Å². The van der Waals surface area contributed by atoms with Gasteiger partial charge in [0, 0.05) is 25.1 Å². The number of hydrogen-bond donors (Lipinski definition) is 1. The quantitative estimate of drug-likeness (QED) is 0.601. The first-order chi connectivity index (χ1) is 12.9. The van der Waals surface area contributed by atoms with Crippen molar-refractivity contribution in [2.75, 3.05) is 32.0 Å². The van der Waals surface area contributed by atoms with Crippen LogP contribution in [0.25, 0.3) is 0 Å². The summed E-state index contributed by atoms with van der Waals surface area (Å²) < 4.78 is 26.6. The number of methoxy groups -OCH3 is 3. The van der Waals surface area contributed by atoms with Gasteiger partial charge in [0.1, 0.15) is 11.8 Å². The summed E-state index contributed by atoms with van der Waals surface area (Å²) in [6.45, 7) is 1.24. The number of esters is 1. The third kappa shape index (κ3) is 3.12. The number of anilines is 2. The molecule has 2 atom stereocenters. The van der Waals surface area contributed by atoms with Crippen LogP contribution < -0.4 is 24.8 Å². The van der Waals surface area contributed by atoms with E-state index in [4.69, 9.17) is 29.1 Å². The van der Waals surface area contributed by atoms with Crippen molar-refractivity contribution in [2.24, 2.45) is 0 Å². The molecule has 0 bridgehead atoms. The minimum atomic E-state index is -1.01. The Kier molecular flexibility index (Phi) is 4.85. The van der Waals surface area contributed by atoms with Crippen LogP contribution in [0.5, 0.6) is 17.2 Å². The highest BCUT2D eigenvalue weighted by Crippen LogP contribution is 2.47. The topological polar surface area (TPSA) is 113 Å². The number of carbonyl (C=O) groups is 2. The first-order valence-electron chi connectivity index (χ1n) is 8.06. The Hall–Kier alpha value is -3.36. The molecular formula is C18H20N2O7. The van der Waals surface area contributed by atoms with Gasteiger partial charge < -0.3 is 29.1 Å². The Morgan fingerprint density at radius 3 is 2.19 bits per heavy atom. The average Bonchev–Trinajstić information content (AvgIpc) is 3.07. The van der Waals surface area contributed by atoms with Crippen LogP contribution in [0, 0.1) is 0 Å². The number of β-lactam (4-membered cyclic amide) rings is 1. The molecule has 1 saturated heterocycles. The van der Waals surface area contributed by atoms with Crippen LogP contribution in [-0.2, 0) is 14.3 Å². The van der Waals surface area contributed by atoms with Gasteiger partial charge in [-0.25, -0.2) is 0 Å². The number of carbonyl (C=O) groups excluding carboxylic acids is 2. The van der Waals surface area contributed by atoms with Crippen LogP contribution in [-0.4, -0.2) is 39.3 Å². The SMILES string of the molecule is COc1cc(N2C(=O)C(OC(C)=O)C2c2ccc(N)o2)cc(OC)c1OC. The van der Waals surface area contributed by atoms with Gasteiger partial charge in [-0.1, -0.05) is 0 Å². The predicted molar refractivity (Wildman–Crippen MR) is 95.0 cm³/mol. The summed E-state index contributed by atoms with van der Waals surface area (Å²) in [5.41, 5.74) is 6.13. The van der Waals surface area contributed by atoms with Crippen molar-refractivity contribution in [3.05, 3.63) is 30.0 Å². The van der Waals surface area contributed by atoms with Crippen molar-refractivity contribution in [2.45, 2.75) is 19.1 Å². The Balaban J connectivity index is 2.06. The maximum absolute atomic E-state index is 12.7. The highest BCUT2D eigenvalue weighted by atomic mass is 16.6. The molecular weight excluding hydrogens is 356 g/mol. The van der Waals surface area contributed by atoms with E-state index in [0.717, 1.165) is 0 Å². The van der Waals surface area contributed by atoms with Gasteiger partial charge >= 0.3 is 5.97 Å². The molecule has 1 aliphatic heterocycles. The van der Waals surface area contributed by atoms with Crippen LogP contribution in [0.4, 0.5) is 11.6 Å². The van der Waals surface area contributed by atoms with Crippen molar-refractivity contribution in [1.82, 2.24) is 0 Å². The lowest BCUT2D eigenvalue weighted by Crippen LogP contribution is -2.60. The van der Waals surface area contributed by atoms with E-state index < -0.39 is 24.0 Å². The summed E-state index contributed by atoms with van der Waals surface area (Å²) >= 11 is 0. The van der Waals surface area contributed by atoms with Gasteiger partial charge in [0.2, 0.25) is 11.9 Å². The largest absolute Gasteiger partial charge is 0.493 e. The summed E-state index contributed by atoms with van der Waals surface area (Å²) in [4.78, 5) is 25.5. The second-order valence-electron chi connectivity index (χ2n) is 5.81. The van der Waals surface area contributed by atoms with Crippen LogP contribution >= 0.6 is 0 Å². The fourth-order valence-electron chi connectivity index (χ4n) is 3.05. The number of amides is 1. The summed E-state index contributed by atoms with van der Waals surface area (Å²) in [7, 11) is 4.44.